The summed E-state index contributed by atoms with van der Waals surface area (Å²) in [7, 11) is 0. The van der Waals surface area contributed by atoms with Gasteiger partial charge < -0.3 is 9.47 Å². The summed E-state index contributed by atoms with van der Waals surface area (Å²) in [5.41, 5.74) is 2.38. The highest BCUT2D eigenvalue weighted by atomic mass is 16.5. The molecule has 3 aromatic rings. The van der Waals surface area contributed by atoms with Gasteiger partial charge in [-0.3, -0.25) is 4.98 Å². The third-order valence-electron chi connectivity index (χ3n) is 4.13. The second kappa shape index (κ2) is 7.56. The van der Waals surface area contributed by atoms with E-state index in [1.54, 1.807) is 6.20 Å². The molecule has 1 aromatic heterocycles. The van der Waals surface area contributed by atoms with Crippen LogP contribution >= 0.6 is 0 Å². The van der Waals surface area contributed by atoms with Crippen LogP contribution in [0.15, 0.2) is 60.8 Å². The lowest BCUT2D eigenvalue weighted by Gasteiger charge is -2.19. The summed E-state index contributed by atoms with van der Waals surface area (Å²) in [5, 5.41) is 1.09. The molecule has 130 valence electrons. The molecule has 0 unspecified atom stereocenters. The maximum absolute atomic E-state index is 5.88. The van der Waals surface area contributed by atoms with Gasteiger partial charge in [-0.25, -0.2) is 0 Å². The lowest BCUT2D eigenvalue weighted by atomic mass is 9.87. The number of rotatable bonds is 6. The molecular weight excluding hydrogens is 310 g/mol. The Morgan fingerprint density at radius 2 is 1.56 bits per heavy atom. The smallest absolute Gasteiger partial charge is 0.145 e. The molecule has 0 spiro atoms. The van der Waals surface area contributed by atoms with E-state index in [4.69, 9.17) is 9.47 Å². The molecule has 0 aliphatic heterocycles. The maximum atomic E-state index is 5.88. The van der Waals surface area contributed by atoms with E-state index in [0.717, 1.165) is 28.8 Å². The molecule has 2 aromatic carbocycles. The Kier molecular flexibility index (Phi) is 5.22. The van der Waals surface area contributed by atoms with Crippen molar-refractivity contribution in [2.24, 2.45) is 0 Å². The van der Waals surface area contributed by atoms with Crippen molar-refractivity contribution in [1.29, 1.82) is 0 Å². The first kappa shape index (κ1) is 17.3. The number of fused-ring (bicyclic) bond motifs is 1. The van der Waals surface area contributed by atoms with Gasteiger partial charge in [0, 0.05) is 18.0 Å². The zero-order valence-corrected chi connectivity index (χ0v) is 15.2. The topological polar surface area (TPSA) is 31.4 Å². The van der Waals surface area contributed by atoms with E-state index in [0.29, 0.717) is 13.2 Å². The summed E-state index contributed by atoms with van der Waals surface area (Å²) in [5.74, 6) is 1.73. The maximum Gasteiger partial charge on any atom is 0.145 e. The van der Waals surface area contributed by atoms with Crippen LogP contribution in [-0.4, -0.2) is 18.2 Å². The molecule has 0 aliphatic rings. The third kappa shape index (κ3) is 4.50. The number of aromatic nitrogens is 1. The lowest BCUT2D eigenvalue weighted by Crippen LogP contribution is -2.10. The fourth-order valence-corrected chi connectivity index (χ4v) is 2.67. The number of hydrogen-bond donors (Lipinski definition) is 0. The van der Waals surface area contributed by atoms with Crippen LogP contribution in [0.25, 0.3) is 10.9 Å². The van der Waals surface area contributed by atoms with Crippen molar-refractivity contribution in [3.05, 3.63) is 66.4 Å². The zero-order chi connectivity index (χ0) is 17.7. The molecule has 0 aliphatic carbocycles. The van der Waals surface area contributed by atoms with Crippen LogP contribution in [0, 0.1) is 0 Å². The minimum atomic E-state index is 0.166. The van der Waals surface area contributed by atoms with Crippen LogP contribution < -0.4 is 9.47 Å². The fraction of sp³-hybridized carbons (Fsp3) is 0.318. The Morgan fingerprint density at radius 1 is 0.840 bits per heavy atom. The van der Waals surface area contributed by atoms with Crippen molar-refractivity contribution >= 4 is 10.9 Å². The van der Waals surface area contributed by atoms with Crippen molar-refractivity contribution in [3.8, 4) is 11.5 Å². The van der Waals surface area contributed by atoms with Gasteiger partial charge in [0.1, 0.15) is 17.0 Å². The standard InChI is InChI=1S/C22H25NO2/c1-22(2,3)18-10-12-19(13-11-18)24-15-6-16-25-20-9-4-7-17-8-5-14-23-21(17)20/h4-5,7-14H,6,15-16H2,1-3H3. The Morgan fingerprint density at radius 3 is 2.32 bits per heavy atom. The summed E-state index contributed by atoms with van der Waals surface area (Å²) < 4.78 is 11.7. The Labute approximate surface area is 149 Å². The highest BCUT2D eigenvalue weighted by molar-refractivity contribution is 5.84. The normalized spacial score (nSPS) is 11.5. The van der Waals surface area contributed by atoms with Gasteiger partial charge in [0.15, 0.2) is 0 Å². The first-order chi connectivity index (χ1) is 12.0. The van der Waals surface area contributed by atoms with E-state index < -0.39 is 0 Å². The van der Waals surface area contributed by atoms with Crippen LogP contribution in [-0.2, 0) is 5.41 Å². The van der Waals surface area contributed by atoms with Crippen LogP contribution in [0.5, 0.6) is 11.5 Å². The quantitative estimate of drug-likeness (QED) is 0.567. The summed E-state index contributed by atoms with van der Waals surface area (Å²) >= 11 is 0. The summed E-state index contributed by atoms with van der Waals surface area (Å²) in [4.78, 5) is 4.40. The van der Waals surface area contributed by atoms with Crippen molar-refractivity contribution in [2.45, 2.75) is 32.6 Å². The molecule has 3 heteroatoms. The molecule has 0 atom stereocenters. The molecule has 0 bridgehead atoms. The van der Waals surface area contributed by atoms with Gasteiger partial charge in [0.05, 0.1) is 13.2 Å². The number of pyridine rings is 1. The molecule has 3 nitrogen and oxygen atoms in total. The summed E-state index contributed by atoms with van der Waals surface area (Å²) in [6.07, 6.45) is 2.61. The zero-order valence-electron chi connectivity index (χ0n) is 15.2. The highest BCUT2D eigenvalue weighted by Crippen LogP contribution is 2.25. The van der Waals surface area contributed by atoms with E-state index in [-0.39, 0.29) is 5.41 Å². The van der Waals surface area contributed by atoms with E-state index in [9.17, 15) is 0 Å². The predicted octanol–water partition coefficient (Wildman–Crippen LogP) is 5.38. The average molecular weight is 335 g/mol. The molecule has 3 rings (SSSR count). The van der Waals surface area contributed by atoms with E-state index in [1.165, 1.54) is 5.56 Å². The number of hydrogen-bond acceptors (Lipinski definition) is 3. The fourth-order valence-electron chi connectivity index (χ4n) is 2.67. The van der Waals surface area contributed by atoms with Crippen LogP contribution in [0.3, 0.4) is 0 Å². The number of benzene rings is 2. The first-order valence-corrected chi connectivity index (χ1v) is 8.74. The van der Waals surface area contributed by atoms with E-state index in [2.05, 4.69) is 37.9 Å². The number of para-hydroxylation sites is 1. The highest BCUT2D eigenvalue weighted by Gasteiger charge is 2.12. The SMILES string of the molecule is CC(C)(C)c1ccc(OCCCOc2cccc3cccnc23)cc1. The van der Waals surface area contributed by atoms with Crippen molar-refractivity contribution < 1.29 is 9.47 Å². The van der Waals surface area contributed by atoms with Gasteiger partial charge in [-0.2, -0.15) is 0 Å². The van der Waals surface area contributed by atoms with Crippen molar-refractivity contribution in [3.63, 3.8) is 0 Å². The van der Waals surface area contributed by atoms with E-state index in [1.807, 2.05) is 42.5 Å². The Bertz CT molecular complexity index is 814. The second-order valence-corrected chi connectivity index (χ2v) is 7.16. The van der Waals surface area contributed by atoms with Crippen molar-refractivity contribution in [1.82, 2.24) is 4.98 Å². The van der Waals surface area contributed by atoms with Crippen molar-refractivity contribution in [2.75, 3.05) is 13.2 Å². The van der Waals surface area contributed by atoms with E-state index >= 15 is 0 Å². The van der Waals surface area contributed by atoms with Gasteiger partial charge >= 0.3 is 0 Å². The Hall–Kier alpha value is -2.55. The summed E-state index contributed by atoms with van der Waals surface area (Å²) in [6.45, 7) is 7.87. The number of nitrogens with zero attached hydrogens (tertiary/aromatic N) is 1. The van der Waals surface area contributed by atoms with Gasteiger partial charge in [-0.05, 0) is 35.2 Å². The minimum Gasteiger partial charge on any atom is -0.493 e. The molecule has 0 N–H and O–H groups in total. The second-order valence-electron chi connectivity index (χ2n) is 7.16. The third-order valence-corrected chi connectivity index (χ3v) is 4.13. The molecule has 0 amide bonds. The number of ether oxygens (including phenoxy) is 2. The largest absolute Gasteiger partial charge is 0.493 e. The molecule has 0 radical (unpaired) electrons. The molecule has 1 heterocycles. The molecule has 0 saturated heterocycles. The van der Waals surface area contributed by atoms with Gasteiger partial charge in [-0.15, -0.1) is 0 Å². The molecule has 0 fully saturated rings. The van der Waals surface area contributed by atoms with Gasteiger partial charge in [-0.1, -0.05) is 51.1 Å². The monoisotopic (exact) mass is 335 g/mol. The predicted molar refractivity (Wildman–Crippen MR) is 102 cm³/mol. The average Bonchev–Trinajstić information content (AvgIpc) is 2.61. The van der Waals surface area contributed by atoms with Gasteiger partial charge in [0.25, 0.3) is 0 Å². The minimum absolute atomic E-state index is 0.166. The first-order valence-electron chi connectivity index (χ1n) is 8.74. The molecule has 0 saturated carbocycles. The Balaban J connectivity index is 1.47. The summed E-state index contributed by atoms with van der Waals surface area (Å²) in [6, 6.07) is 18.3. The molecular formula is C22H25NO2. The van der Waals surface area contributed by atoms with Crippen LogP contribution in [0.1, 0.15) is 32.8 Å². The van der Waals surface area contributed by atoms with Crippen LogP contribution in [0.4, 0.5) is 0 Å². The van der Waals surface area contributed by atoms with Gasteiger partial charge in [0.2, 0.25) is 0 Å². The van der Waals surface area contributed by atoms with Crippen LogP contribution in [0.2, 0.25) is 0 Å². The lowest BCUT2D eigenvalue weighted by molar-refractivity contribution is 0.248. The molecule has 25 heavy (non-hydrogen) atoms.